The summed E-state index contributed by atoms with van der Waals surface area (Å²) in [5, 5.41) is 4.16. The molecule has 1 unspecified atom stereocenters. The Bertz CT molecular complexity index is 907. The average molecular weight is 364 g/mol. The Kier molecular flexibility index (Phi) is 4.51. The van der Waals surface area contributed by atoms with Gasteiger partial charge in [-0.1, -0.05) is 6.07 Å². The topological polar surface area (TPSA) is 105 Å². The molecule has 0 aliphatic rings. The van der Waals surface area contributed by atoms with Crippen LogP contribution in [0.25, 0.3) is 16.9 Å². The van der Waals surface area contributed by atoms with Crippen LogP contribution in [0.3, 0.4) is 0 Å². The van der Waals surface area contributed by atoms with Gasteiger partial charge in [0.15, 0.2) is 11.9 Å². The van der Waals surface area contributed by atoms with Crippen LogP contribution in [0.15, 0.2) is 43.0 Å². The Labute approximate surface area is 146 Å². The van der Waals surface area contributed by atoms with Crippen LogP contribution in [0.5, 0.6) is 0 Å². The van der Waals surface area contributed by atoms with Crippen molar-refractivity contribution in [2.75, 3.05) is 18.6 Å². The number of anilines is 2. The summed E-state index contributed by atoms with van der Waals surface area (Å²) in [6.45, 7) is 0. The van der Waals surface area contributed by atoms with Crippen LogP contribution < -0.4 is 11.5 Å². The first-order valence-corrected chi connectivity index (χ1v) is 7.42. The van der Waals surface area contributed by atoms with Crippen LogP contribution in [0.1, 0.15) is 11.7 Å². The van der Waals surface area contributed by atoms with Crippen molar-refractivity contribution in [2.45, 2.75) is 12.3 Å². The molecule has 0 spiro atoms. The lowest BCUT2D eigenvalue weighted by atomic mass is 10.1. The number of pyridine rings is 2. The quantitative estimate of drug-likeness (QED) is 0.738. The van der Waals surface area contributed by atoms with E-state index in [1.165, 1.54) is 23.0 Å². The third-order valence-corrected chi connectivity index (χ3v) is 3.76. The first-order valence-electron chi connectivity index (χ1n) is 7.42. The van der Waals surface area contributed by atoms with E-state index in [2.05, 4.69) is 19.8 Å². The Balaban J connectivity index is 1.89. The largest absolute Gasteiger partial charge is 0.418 e. The Morgan fingerprint density at radius 1 is 1.12 bits per heavy atom. The average Bonchev–Trinajstić information content (AvgIpc) is 3.07. The minimum Gasteiger partial charge on any atom is -0.395 e. The van der Waals surface area contributed by atoms with Crippen molar-refractivity contribution in [2.24, 2.45) is 0 Å². The van der Waals surface area contributed by atoms with Crippen molar-refractivity contribution in [3.8, 4) is 16.9 Å². The van der Waals surface area contributed by atoms with Gasteiger partial charge in [0.25, 0.3) is 0 Å². The first kappa shape index (κ1) is 17.7. The van der Waals surface area contributed by atoms with Gasteiger partial charge in [-0.15, -0.1) is 0 Å². The van der Waals surface area contributed by atoms with Gasteiger partial charge < -0.3 is 16.2 Å². The van der Waals surface area contributed by atoms with Crippen LogP contribution >= 0.6 is 0 Å². The maximum atomic E-state index is 12.9. The van der Waals surface area contributed by atoms with E-state index in [4.69, 9.17) is 11.5 Å². The van der Waals surface area contributed by atoms with E-state index in [0.29, 0.717) is 22.6 Å². The highest BCUT2D eigenvalue weighted by atomic mass is 19.4. The molecule has 0 saturated carbocycles. The second-order valence-corrected chi connectivity index (χ2v) is 5.44. The molecule has 0 saturated heterocycles. The molecule has 0 aromatic carbocycles. The molecule has 10 heteroatoms. The van der Waals surface area contributed by atoms with E-state index in [0.717, 1.165) is 13.3 Å². The monoisotopic (exact) mass is 364 g/mol. The first-order chi connectivity index (χ1) is 12.3. The van der Waals surface area contributed by atoms with E-state index in [1.54, 1.807) is 18.5 Å². The zero-order valence-corrected chi connectivity index (χ0v) is 13.6. The summed E-state index contributed by atoms with van der Waals surface area (Å²) in [5.41, 5.74) is 13.2. The van der Waals surface area contributed by atoms with Crippen molar-refractivity contribution in [1.29, 1.82) is 0 Å². The SMILES string of the molecule is COC(c1ccc(-n2cc(-c3ccnc(N)c3N)cn2)nc1)C(F)(F)F. The molecule has 26 heavy (non-hydrogen) atoms. The summed E-state index contributed by atoms with van der Waals surface area (Å²) in [5.74, 6) is 0.549. The van der Waals surface area contributed by atoms with E-state index in [-0.39, 0.29) is 11.4 Å². The van der Waals surface area contributed by atoms with Gasteiger partial charge in [-0.05, 0) is 12.1 Å². The molecular formula is C16H15F3N6O. The van der Waals surface area contributed by atoms with Crippen LogP contribution in [0.4, 0.5) is 24.7 Å². The third kappa shape index (κ3) is 3.31. The fourth-order valence-corrected chi connectivity index (χ4v) is 2.48. The van der Waals surface area contributed by atoms with Crippen LogP contribution in [0, 0.1) is 0 Å². The normalized spacial score (nSPS) is 12.9. The molecule has 3 aromatic heterocycles. The number of nitrogen functional groups attached to an aromatic ring is 2. The summed E-state index contributed by atoms with van der Waals surface area (Å²) in [7, 11) is 0.997. The van der Waals surface area contributed by atoms with Crippen LogP contribution in [-0.4, -0.2) is 33.0 Å². The maximum Gasteiger partial charge on any atom is 0.418 e. The van der Waals surface area contributed by atoms with E-state index in [1.807, 2.05) is 0 Å². The lowest BCUT2D eigenvalue weighted by Gasteiger charge is -2.18. The number of rotatable bonds is 4. The molecule has 0 amide bonds. The summed E-state index contributed by atoms with van der Waals surface area (Å²) in [4.78, 5) is 7.92. The lowest BCUT2D eigenvalue weighted by Crippen LogP contribution is -2.22. The van der Waals surface area contributed by atoms with E-state index in [9.17, 15) is 13.2 Å². The number of halogens is 3. The molecule has 0 radical (unpaired) electrons. The molecule has 3 rings (SSSR count). The predicted molar refractivity (Wildman–Crippen MR) is 89.2 cm³/mol. The second-order valence-electron chi connectivity index (χ2n) is 5.44. The molecule has 136 valence electrons. The Hall–Kier alpha value is -3.14. The molecule has 0 aliphatic heterocycles. The van der Waals surface area contributed by atoms with Gasteiger partial charge in [-0.2, -0.15) is 18.3 Å². The van der Waals surface area contributed by atoms with E-state index < -0.39 is 12.3 Å². The number of nitrogens with zero attached hydrogens (tertiary/aromatic N) is 4. The number of nitrogens with two attached hydrogens (primary N) is 2. The third-order valence-electron chi connectivity index (χ3n) is 3.76. The highest BCUT2D eigenvalue weighted by Crippen LogP contribution is 2.35. The maximum absolute atomic E-state index is 12.9. The highest BCUT2D eigenvalue weighted by molar-refractivity contribution is 5.81. The second kappa shape index (κ2) is 6.64. The zero-order chi connectivity index (χ0) is 18.9. The summed E-state index contributed by atoms with van der Waals surface area (Å²) < 4.78 is 44.6. The smallest absolute Gasteiger partial charge is 0.395 e. The van der Waals surface area contributed by atoms with Crippen molar-refractivity contribution in [1.82, 2.24) is 19.7 Å². The Morgan fingerprint density at radius 3 is 2.50 bits per heavy atom. The minimum atomic E-state index is -4.52. The molecule has 3 heterocycles. The lowest BCUT2D eigenvalue weighted by molar-refractivity contribution is -0.216. The fraction of sp³-hybridized carbons (Fsp3) is 0.188. The number of hydrogen-bond acceptors (Lipinski definition) is 6. The van der Waals surface area contributed by atoms with E-state index >= 15 is 0 Å². The van der Waals surface area contributed by atoms with Gasteiger partial charge in [0.05, 0.1) is 11.9 Å². The van der Waals surface area contributed by atoms with Crippen LogP contribution in [-0.2, 0) is 4.74 Å². The van der Waals surface area contributed by atoms with Crippen molar-refractivity contribution < 1.29 is 17.9 Å². The van der Waals surface area contributed by atoms with Gasteiger partial charge in [0.1, 0.15) is 5.82 Å². The summed E-state index contributed by atoms with van der Waals surface area (Å²) in [6, 6.07) is 4.41. The molecule has 0 aliphatic carbocycles. The number of methoxy groups -OCH3 is 1. The molecule has 0 bridgehead atoms. The van der Waals surface area contributed by atoms with Crippen molar-refractivity contribution in [3.05, 3.63) is 48.5 Å². The molecular weight excluding hydrogens is 349 g/mol. The number of ether oxygens (including phenoxy) is 1. The fourth-order valence-electron chi connectivity index (χ4n) is 2.48. The molecule has 0 fully saturated rings. The molecule has 1 atom stereocenters. The summed E-state index contributed by atoms with van der Waals surface area (Å²) in [6.07, 6.45) is -0.726. The van der Waals surface area contributed by atoms with Crippen molar-refractivity contribution in [3.63, 3.8) is 0 Å². The highest BCUT2D eigenvalue weighted by Gasteiger charge is 2.41. The predicted octanol–water partition coefficient (Wildman–Crippen LogP) is 2.74. The van der Waals surface area contributed by atoms with Crippen molar-refractivity contribution >= 4 is 11.5 Å². The van der Waals surface area contributed by atoms with Gasteiger partial charge in [0, 0.05) is 42.4 Å². The minimum absolute atomic E-state index is 0.0951. The number of hydrogen-bond donors (Lipinski definition) is 2. The Morgan fingerprint density at radius 2 is 1.88 bits per heavy atom. The number of alkyl halides is 3. The zero-order valence-electron chi connectivity index (χ0n) is 13.6. The van der Waals surface area contributed by atoms with Crippen LogP contribution in [0.2, 0.25) is 0 Å². The van der Waals surface area contributed by atoms with Gasteiger partial charge in [-0.3, -0.25) is 0 Å². The van der Waals surface area contributed by atoms with Gasteiger partial charge >= 0.3 is 6.18 Å². The molecule has 7 nitrogen and oxygen atoms in total. The molecule has 4 N–H and O–H groups in total. The van der Waals surface area contributed by atoms with Gasteiger partial charge in [-0.25, -0.2) is 14.6 Å². The number of aromatic nitrogens is 4. The summed E-state index contributed by atoms with van der Waals surface area (Å²) >= 11 is 0. The standard InChI is InChI=1S/C16H15F3N6O/c1-26-14(16(17,18)19)9-2-3-12(23-6-9)25-8-10(7-24-25)11-4-5-22-15(21)13(11)20/h2-8,14H,20H2,1H3,(H2,21,22). The van der Waals surface area contributed by atoms with Gasteiger partial charge in [0.2, 0.25) is 0 Å². The molecule has 3 aromatic rings.